The lowest BCUT2D eigenvalue weighted by Gasteiger charge is -2.17. The Bertz CT molecular complexity index is 1070. The van der Waals surface area contributed by atoms with Crippen LogP contribution in [0.2, 0.25) is 0 Å². The van der Waals surface area contributed by atoms with Gasteiger partial charge in [-0.25, -0.2) is 0 Å². The van der Waals surface area contributed by atoms with Crippen LogP contribution < -0.4 is 15.0 Å². The number of anilines is 2. The summed E-state index contributed by atoms with van der Waals surface area (Å²) < 4.78 is 40.4. The summed E-state index contributed by atoms with van der Waals surface area (Å²) in [5, 5.41) is 4.28. The van der Waals surface area contributed by atoms with E-state index in [1.165, 1.54) is 17.0 Å². The van der Waals surface area contributed by atoms with Crippen molar-refractivity contribution in [2.45, 2.75) is 6.36 Å². The maximum atomic E-state index is 12.7. The average Bonchev–Trinajstić information content (AvgIpc) is 2.90. The molecule has 8 heteroatoms. The first-order valence-corrected chi connectivity index (χ1v) is 8.31. The summed E-state index contributed by atoms with van der Waals surface area (Å²) in [6.45, 7) is -0.215. The lowest BCUT2D eigenvalue weighted by Crippen LogP contribution is -2.35. The summed E-state index contributed by atoms with van der Waals surface area (Å²) in [6, 6.07) is 15.6. The molecule has 1 aliphatic rings. The highest BCUT2D eigenvalue weighted by Gasteiger charge is 2.32. The van der Waals surface area contributed by atoms with Gasteiger partial charge in [0.15, 0.2) is 0 Å². The van der Waals surface area contributed by atoms with E-state index in [2.05, 4.69) is 10.1 Å². The predicted molar refractivity (Wildman–Crippen MR) is 97.4 cm³/mol. The molecule has 4 rings (SSSR count). The van der Waals surface area contributed by atoms with Gasteiger partial charge in [-0.05, 0) is 41.8 Å². The highest BCUT2D eigenvalue weighted by Crippen LogP contribution is 2.37. The molecule has 2 amide bonds. The van der Waals surface area contributed by atoms with E-state index in [9.17, 15) is 22.8 Å². The van der Waals surface area contributed by atoms with E-state index in [0.29, 0.717) is 16.9 Å². The van der Waals surface area contributed by atoms with E-state index >= 15 is 0 Å². The molecule has 0 aromatic heterocycles. The van der Waals surface area contributed by atoms with Crippen LogP contribution in [0.5, 0.6) is 5.75 Å². The number of rotatable bonds is 4. The third-order valence-corrected chi connectivity index (χ3v) is 4.32. The maximum absolute atomic E-state index is 12.7. The topological polar surface area (TPSA) is 58.6 Å². The maximum Gasteiger partial charge on any atom is 0.573 e. The Balaban J connectivity index is 1.48. The lowest BCUT2D eigenvalue weighted by molar-refractivity contribution is -0.274. The Hall–Kier alpha value is -3.55. The second kappa shape index (κ2) is 6.56. The first kappa shape index (κ1) is 17.8. The van der Waals surface area contributed by atoms with Crippen molar-refractivity contribution in [2.24, 2.45) is 0 Å². The van der Waals surface area contributed by atoms with Crippen LogP contribution in [0.15, 0.2) is 60.7 Å². The molecule has 0 spiro atoms. The number of halogens is 3. The number of hydrogen-bond acceptors (Lipinski definition) is 3. The fourth-order valence-electron chi connectivity index (χ4n) is 3.22. The van der Waals surface area contributed by atoms with Crippen molar-refractivity contribution in [1.29, 1.82) is 0 Å². The van der Waals surface area contributed by atoms with Gasteiger partial charge >= 0.3 is 6.36 Å². The van der Waals surface area contributed by atoms with Crippen LogP contribution >= 0.6 is 0 Å². The van der Waals surface area contributed by atoms with Crippen molar-refractivity contribution in [3.63, 3.8) is 0 Å². The van der Waals surface area contributed by atoms with Crippen LogP contribution in [-0.4, -0.2) is 24.7 Å². The summed E-state index contributed by atoms with van der Waals surface area (Å²) >= 11 is 0. The van der Waals surface area contributed by atoms with Crippen molar-refractivity contribution in [1.82, 2.24) is 0 Å². The fraction of sp³-hybridized carbons (Fsp3) is 0.100. The molecule has 142 valence electrons. The van der Waals surface area contributed by atoms with E-state index in [-0.39, 0.29) is 18.2 Å². The van der Waals surface area contributed by atoms with Gasteiger partial charge in [0.2, 0.25) is 5.91 Å². The molecular weight excluding hydrogens is 373 g/mol. The SMILES string of the molecule is O=C(CN1C(=O)c2cccc3cccc1c23)Nc1ccc(OC(F)(F)F)cc1. The molecule has 28 heavy (non-hydrogen) atoms. The number of alkyl halides is 3. The van der Waals surface area contributed by atoms with Crippen molar-refractivity contribution in [2.75, 3.05) is 16.8 Å². The van der Waals surface area contributed by atoms with Crippen LogP contribution in [0.25, 0.3) is 10.8 Å². The van der Waals surface area contributed by atoms with Crippen LogP contribution in [0.4, 0.5) is 24.5 Å². The molecule has 1 aliphatic heterocycles. The van der Waals surface area contributed by atoms with E-state index in [4.69, 9.17) is 0 Å². The molecule has 0 bridgehead atoms. The minimum atomic E-state index is -4.78. The summed E-state index contributed by atoms with van der Waals surface area (Å²) in [6.07, 6.45) is -4.78. The van der Waals surface area contributed by atoms with Gasteiger partial charge in [-0.1, -0.05) is 24.3 Å². The molecule has 0 aliphatic carbocycles. The second-order valence-electron chi connectivity index (χ2n) is 6.19. The van der Waals surface area contributed by atoms with Gasteiger partial charge < -0.3 is 10.1 Å². The molecule has 0 saturated carbocycles. The Morgan fingerprint density at radius 2 is 1.68 bits per heavy atom. The smallest absolute Gasteiger partial charge is 0.406 e. The molecule has 5 nitrogen and oxygen atoms in total. The Labute approximate surface area is 157 Å². The summed E-state index contributed by atoms with van der Waals surface area (Å²) in [4.78, 5) is 26.4. The van der Waals surface area contributed by atoms with Gasteiger partial charge in [0, 0.05) is 16.6 Å². The van der Waals surface area contributed by atoms with Crippen LogP contribution in [0, 0.1) is 0 Å². The Morgan fingerprint density at radius 1 is 1.00 bits per heavy atom. The van der Waals surface area contributed by atoms with Gasteiger partial charge in [-0.3, -0.25) is 14.5 Å². The number of nitrogens with one attached hydrogen (secondary N) is 1. The summed E-state index contributed by atoms with van der Waals surface area (Å²) in [5.74, 6) is -1.12. The van der Waals surface area contributed by atoms with Crippen molar-refractivity contribution >= 4 is 34.0 Å². The first-order valence-electron chi connectivity index (χ1n) is 8.31. The van der Waals surface area contributed by atoms with Crippen molar-refractivity contribution in [3.8, 4) is 5.75 Å². The third-order valence-electron chi connectivity index (χ3n) is 4.32. The van der Waals surface area contributed by atoms with E-state index < -0.39 is 12.3 Å². The molecular formula is C20H13F3N2O3. The molecule has 0 radical (unpaired) electrons. The molecule has 3 aromatic carbocycles. The summed E-state index contributed by atoms with van der Waals surface area (Å²) in [5.41, 5.74) is 1.48. The van der Waals surface area contributed by atoms with E-state index in [0.717, 1.165) is 22.9 Å². The van der Waals surface area contributed by atoms with Gasteiger partial charge in [0.25, 0.3) is 5.91 Å². The van der Waals surface area contributed by atoms with Crippen molar-refractivity contribution < 1.29 is 27.5 Å². The fourth-order valence-corrected chi connectivity index (χ4v) is 3.22. The molecule has 0 fully saturated rings. The zero-order valence-corrected chi connectivity index (χ0v) is 14.3. The number of ether oxygens (including phenoxy) is 1. The third kappa shape index (κ3) is 3.36. The second-order valence-corrected chi connectivity index (χ2v) is 6.19. The van der Waals surface area contributed by atoms with Gasteiger partial charge in [0.05, 0.1) is 5.69 Å². The first-order chi connectivity index (χ1) is 13.3. The number of amides is 2. The number of carbonyl (C=O) groups excluding carboxylic acids is 2. The highest BCUT2D eigenvalue weighted by molar-refractivity contribution is 6.26. The lowest BCUT2D eigenvalue weighted by atomic mass is 10.1. The van der Waals surface area contributed by atoms with Gasteiger partial charge in [-0.2, -0.15) is 0 Å². The minimum Gasteiger partial charge on any atom is -0.406 e. The number of nitrogens with zero attached hydrogens (tertiary/aromatic N) is 1. The minimum absolute atomic E-state index is 0.215. The molecule has 0 unspecified atom stereocenters. The van der Waals surface area contributed by atoms with Crippen LogP contribution in [0.1, 0.15) is 10.4 Å². The zero-order chi connectivity index (χ0) is 19.9. The predicted octanol–water partition coefficient (Wildman–Crippen LogP) is 4.34. The molecule has 1 N–H and O–H groups in total. The van der Waals surface area contributed by atoms with Crippen LogP contribution in [0.3, 0.4) is 0 Å². The number of benzene rings is 3. The number of carbonyl (C=O) groups is 2. The highest BCUT2D eigenvalue weighted by atomic mass is 19.4. The standard InChI is InChI=1S/C20H13F3N2O3/c21-20(22,23)28-14-9-7-13(8-10-14)24-17(26)11-25-16-6-2-4-12-3-1-5-15(18(12)16)19(25)27/h1-10H,11H2,(H,24,26). The quantitative estimate of drug-likeness (QED) is 0.726. The van der Waals surface area contributed by atoms with E-state index in [1.807, 2.05) is 18.2 Å². The normalized spacial score (nSPS) is 13.1. The molecule has 3 aromatic rings. The molecule has 0 saturated heterocycles. The Kier molecular flexibility index (Phi) is 4.18. The van der Waals surface area contributed by atoms with Gasteiger partial charge in [0.1, 0.15) is 12.3 Å². The largest absolute Gasteiger partial charge is 0.573 e. The number of hydrogen-bond donors (Lipinski definition) is 1. The van der Waals surface area contributed by atoms with Crippen molar-refractivity contribution in [3.05, 3.63) is 66.2 Å². The van der Waals surface area contributed by atoms with Crippen LogP contribution in [-0.2, 0) is 4.79 Å². The summed E-state index contributed by atoms with van der Waals surface area (Å²) in [7, 11) is 0. The molecule has 1 heterocycles. The van der Waals surface area contributed by atoms with E-state index in [1.54, 1.807) is 18.2 Å². The molecule has 0 atom stereocenters. The zero-order valence-electron chi connectivity index (χ0n) is 14.3. The Morgan fingerprint density at radius 3 is 2.36 bits per heavy atom. The monoisotopic (exact) mass is 386 g/mol. The van der Waals surface area contributed by atoms with Gasteiger partial charge in [-0.15, -0.1) is 13.2 Å². The average molecular weight is 386 g/mol.